The van der Waals surface area contributed by atoms with Crippen LogP contribution in [0.25, 0.3) is 0 Å². The van der Waals surface area contributed by atoms with Crippen molar-refractivity contribution < 1.29 is 0 Å². The van der Waals surface area contributed by atoms with Crippen LogP contribution in [0.5, 0.6) is 0 Å². The average Bonchev–Trinajstić information content (AvgIpc) is 2.78. The van der Waals surface area contributed by atoms with Crippen molar-refractivity contribution in [3.8, 4) is 0 Å². The number of hydrazine groups is 1. The molecule has 0 saturated heterocycles. The van der Waals surface area contributed by atoms with Crippen molar-refractivity contribution in [2.75, 3.05) is 0 Å². The summed E-state index contributed by atoms with van der Waals surface area (Å²) >= 11 is 12.1. The van der Waals surface area contributed by atoms with E-state index in [2.05, 4.69) is 24.4 Å². The number of benzene rings is 1. The Bertz CT molecular complexity index is 545. The van der Waals surface area contributed by atoms with E-state index in [1.54, 1.807) is 12.3 Å². The molecule has 0 aliphatic rings. The van der Waals surface area contributed by atoms with Gasteiger partial charge in [0, 0.05) is 22.3 Å². The highest BCUT2D eigenvalue weighted by Gasteiger charge is 2.19. The Morgan fingerprint density at radius 2 is 1.84 bits per heavy atom. The van der Waals surface area contributed by atoms with Crippen molar-refractivity contribution in [3.05, 3.63) is 51.8 Å². The molecule has 6 heteroatoms. The summed E-state index contributed by atoms with van der Waals surface area (Å²) in [6.07, 6.45) is 1.76. The first-order valence-corrected chi connectivity index (χ1v) is 6.74. The first-order valence-electron chi connectivity index (χ1n) is 5.98. The molecule has 102 valence electrons. The standard InChI is InChI=1S/C13H16Cl2N4/c1-8(2)19-12(3-4-17-19)13(18-16)9-5-10(14)7-11(15)6-9/h3-8,13,18H,16H2,1-2H3. The summed E-state index contributed by atoms with van der Waals surface area (Å²) in [4.78, 5) is 0. The molecule has 19 heavy (non-hydrogen) atoms. The van der Waals surface area contributed by atoms with Crippen molar-refractivity contribution in [2.45, 2.75) is 25.9 Å². The largest absolute Gasteiger partial charge is 0.271 e. The lowest BCUT2D eigenvalue weighted by molar-refractivity contribution is 0.476. The van der Waals surface area contributed by atoms with Gasteiger partial charge in [-0.3, -0.25) is 10.5 Å². The third-order valence-corrected chi connectivity index (χ3v) is 3.31. The molecule has 2 aromatic rings. The lowest BCUT2D eigenvalue weighted by Gasteiger charge is -2.20. The van der Waals surface area contributed by atoms with Gasteiger partial charge >= 0.3 is 0 Å². The van der Waals surface area contributed by atoms with Crippen molar-refractivity contribution in [2.24, 2.45) is 5.84 Å². The number of rotatable bonds is 4. The fourth-order valence-corrected chi connectivity index (χ4v) is 2.62. The van der Waals surface area contributed by atoms with E-state index in [-0.39, 0.29) is 12.1 Å². The maximum absolute atomic E-state index is 6.04. The molecule has 0 spiro atoms. The Kier molecular flexibility index (Phi) is 4.47. The van der Waals surface area contributed by atoms with Gasteiger partial charge < -0.3 is 0 Å². The van der Waals surface area contributed by atoms with Crippen LogP contribution in [-0.4, -0.2) is 9.78 Å². The molecule has 0 amide bonds. The van der Waals surface area contributed by atoms with Gasteiger partial charge in [-0.05, 0) is 43.7 Å². The highest BCUT2D eigenvalue weighted by Crippen LogP contribution is 2.28. The average molecular weight is 299 g/mol. The SMILES string of the molecule is CC(C)n1nccc1C(NN)c1cc(Cl)cc(Cl)c1. The van der Waals surface area contributed by atoms with Crippen LogP contribution in [0.4, 0.5) is 0 Å². The Balaban J connectivity index is 2.47. The van der Waals surface area contributed by atoms with Gasteiger partial charge in [0.15, 0.2) is 0 Å². The molecule has 1 unspecified atom stereocenters. The van der Waals surface area contributed by atoms with Crippen molar-refractivity contribution >= 4 is 23.2 Å². The summed E-state index contributed by atoms with van der Waals surface area (Å²) in [5.41, 5.74) is 4.67. The number of aromatic nitrogens is 2. The molecule has 0 aliphatic heterocycles. The molecule has 0 fully saturated rings. The number of nitrogens with one attached hydrogen (secondary N) is 1. The monoisotopic (exact) mass is 298 g/mol. The molecule has 3 N–H and O–H groups in total. The minimum atomic E-state index is -0.207. The predicted molar refractivity (Wildman–Crippen MR) is 78.2 cm³/mol. The van der Waals surface area contributed by atoms with Gasteiger partial charge in [0.25, 0.3) is 0 Å². The molecular formula is C13H16Cl2N4. The first-order chi connectivity index (χ1) is 9.02. The van der Waals surface area contributed by atoms with E-state index >= 15 is 0 Å². The van der Waals surface area contributed by atoms with Crippen LogP contribution < -0.4 is 11.3 Å². The minimum absolute atomic E-state index is 0.207. The highest BCUT2D eigenvalue weighted by molar-refractivity contribution is 6.34. The van der Waals surface area contributed by atoms with E-state index in [0.717, 1.165) is 11.3 Å². The molecule has 0 radical (unpaired) electrons. The quantitative estimate of drug-likeness (QED) is 0.672. The van der Waals surface area contributed by atoms with E-state index in [1.807, 2.05) is 22.9 Å². The number of nitrogens with two attached hydrogens (primary N) is 1. The molecule has 0 aliphatic carbocycles. The Morgan fingerprint density at radius 3 is 2.37 bits per heavy atom. The van der Waals surface area contributed by atoms with Crippen LogP contribution in [0.1, 0.15) is 37.2 Å². The van der Waals surface area contributed by atoms with Gasteiger partial charge in [-0.15, -0.1) is 0 Å². The molecule has 4 nitrogen and oxygen atoms in total. The van der Waals surface area contributed by atoms with E-state index in [9.17, 15) is 0 Å². The molecule has 1 aromatic carbocycles. The zero-order chi connectivity index (χ0) is 14.0. The molecule has 0 saturated carbocycles. The van der Waals surface area contributed by atoms with Crippen LogP contribution in [-0.2, 0) is 0 Å². The smallest absolute Gasteiger partial charge is 0.0879 e. The second kappa shape index (κ2) is 5.92. The van der Waals surface area contributed by atoms with Crippen LogP contribution >= 0.6 is 23.2 Å². The van der Waals surface area contributed by atoms with Crippen molar-refractivity contribution in [1.29, 1.82) is 0 Å². The summed E-state index contributed by atoms with van der Waals surface area (Å²) in [5.74, 6) is 5.69. The van der Waals surface area contributed by atoms with E-state index < -0.39 is 0 Å². The topological polar surface area (TPSA) is 55.9 Å². The maximum atomic E-state index is 6.04. The summed E-state index contributed by atoms with van der Waals surface area (Å²) in [5, 5.41) is 5.47. The first kappa shape index (κ1) is 14.3. The number of hydrogen-bond donors (Lipinski definition) is 2. The zero-order valence-electron chi connectivity index (χ0n) is 10.8. The predicted octanol–water partition coefficient (Wildman–Crippen LogP) is 3.32. The summed E-state index contributed by atoms with van der Waals surface area (Å²) < 4.78 is 1.92. The van der Waals surface area contributed by atoms with Gasteiger partial charge in [-0.1, -0.05) is 23.2 Å². The van der Waals surface area contributed by atoms with Crippen LogP contribution in [0.3, 0.4) is 0 Å². The zero-order valence-corrected chi connectivity index (χ0v) is 12.3. The summed E-state index contributed by atoms with van der Waals surface area (Å²) in [6.45, 7) is 4.13. The number of nitrogens with zero attached hydrogens (tertiary/aromatic N) is 2. The molecule has 0 bridgehead atoms. The fraction of sp³-hybridized carbons (Fsp3) is 0.308. The van der Waals surface area contributed by atoms with Crippen molar-refractivity contribution in [1.82, 2.24) is 15.2 Å². The van der Waals surface area contributed by atoms with Gasteiger partial charge in [-0.25, -0.2) is 5.43 Å². The Morgan fingerprint density at radius 1 is 1.21 bits per heavy atom. The van der Waals surface area contributed by atoms with E-state index in [0.29, 0.717) is 10.0 Å². The van der Waals surface area contributed by atoms with Crippen LogP contribution in [0.2, 0.25) is 10.0 Å². The van der Waals surface area contributed by atoms with Gasteiger partial charge in [0.05, 0.1) is 11.7 Å². The number of halogens is 2. The van der Waals surface area contributed by atoms with Crippen molar-refractivity contribution in [3.63, 3.8) is 0 Å². The molecular weight excluding hydrogens is 283 g/mol. The minimum Gasteiger partial charge on any atom is -0.271 e. The molecule has 2 rings (SSSR count). The second-order valence-electron chi connectivity index (χ2n) is 4.60. The third-order valence-electron chi connectivity index (χ3n) is 2.87. The van der Waals surface area contributed by atoms with Crippen LogP contribution in [0.15, 0.2) is 30.5 Å². The second-order valence-corrected chi connectivity index (χ2v) is 5.47. The number of hydrogen-bond acceptors (Lipinski definition) is 3. The summed E-state index contributed by atoms with van der Waals surface area (Å²) in [7, 11) is 0. The van der Waals surface area contributed by atoms with E-state index in [4.69, 9.17) is 29.0 Å². The molecule has 1 atom stereocenters. The Hall–Kier alpha value is -1.07. The van der Waals surface area contributed by atoms with Crippen LogP contribution in [0, 0.1) is 0 Å². The molecule has 1 aromatic heterocycles. The lowest BCUT2D eigenvalue weighted by Crippen LogP contribution is -2.31. The fourth-order valence-electron chi connectivity index (χ4n) is 2.08. The van der Waals surface area contributed by atoms with Gasteiger partial charge in [-0.2, -0.15) is 5.10 Å². The lowest BCUT2D eigenvalue weighted by atomic mass is 10.0. The van der Waals surface area contributed by atoms with Gasteiger partial charge in [0.2, 0.25) is 0 Å². The van der Waals surface area contributed by atoms with E-state index in [1.165, 1.54) is 0 Å². The summed E-state index contributed by atoms with van der Waals surface area (Å²) in [6, 6.07) is 7.35. The highest BCUT2D eigenvalue weighted by atomic mass is 35.5. The third kappa shape index (κ3) is 3.09. The van der Waals surface area contributed by atoms with Gasteiger partial charge in [0.1, 0.15) is 0 Å². The Labute approximate surface area is 122 Å². The molecule has 1 heterocycles. The maximum Gasteiger partial charge on any atom is 0.0879 e. The normalized spacial score (nSPS) is 12.9.